The van der Waals surface area contributed by atoms with E-state index in [9.17, 15) is 0 Å². The number of thiocarbonyl (C=S) groups is 1. The normalized spacial score (nSPS) is 16.1. The second-order valence-corrected chi connectivity index (χ2v) is 9.14. The second kappa shape index (κ2) is 8.88. The van der Waals surface area contributed by atoms with E-state index in [1.54, 1.807) is 0 Å². The van der Waals surface area contributed by atoms with Gasteiger partial charge < -0.3 is 9.84 Å². The van der Waals surface area contributed by atoms with Gasteiger partial charge in [0, 0.05) is 16.9 Å². The van der Waals surface area contributed by atoms with E-state index in [0.717, 1.165) is 33.6 Å². The predicted molar refractivity (Wildman–Crippen MR) is 140 cm³/mol. The summed E-state index contributed by atoms with van der Waals surface area (Å²) in [5, 5.41) is 8.46. The van der Waals surface area contributed by atoms with Crippen molar-refractivity contribution in [3.63, 3.8) is 0 Å². The third-order valence-electron chi connectivity index (χ3n) is 6.12. The average molecular weight is 467 g/mol. The molecule has 4 aromatic rings. The van der Waals surface area contributed by atoms with E-state index >= 15 is 0 Å². The number of rotatable bonds is 4. The van der Waals surface area contributed by atoms with Gasteiger partial charge in [-0.25, -0.2) is 0 Å². The first-order valence-corrected chi connectivity index (χ1v) is 11.7. The number of anilines is 1. The Morgan fingerprint density at radius 3 is 2.21 bits per heavy atom. The number of aryl methyl sites for hydroxylation is 3. The van der Waals surface area contributed by atoms with Gasteiger partial charge in [-0.1, -0.05) is 76.9 Å². The number of benzene rings is 3. The maximum Gasteiger partial charge on any atom is 0.258 e. The number of hydrogen-bond donors (Lipinski definition) is 1. The van der Waals surface area contributed by atoms with Gasteiger partial charge in [-0.15, -0.1) is 0 Å². The van der Waals surface area contributed by atoms with E-state index in [1.165, 1.54) is 11.1 Å². The topological polar surface area (TPSA) is 54.2 Å². The lowest BCUT2D eigenvalue weighted by molar-refractivity contribution is 0.404. The summed E-state index contributed by atoms with van der Waals surface area (Å²) in [5.74, 6) is 1.04. The average Bonchev–Trinajstić information content (AvgIpc) is 3.29. The molecule has 170 valence electrons. The number of nitrogens with zero attached hydrogens (tertiary/aromatic N) is 3. The van der Waals surface area contributed by atoms with Crippen molar-refractivity contribution in [2.75, 3.05) is 4.90 Å². The Morgan fingerprint density at radius 1 is 0.853 bits per heavy atom. The van der Waals surface area contributed by atoms with Gasteiger partial charge in [0.15, 0.2) is 5.11 Å². The highest BCUT2D eigenvalue weighted by atomic mass is 32.1. The van der Waals surface area contributed by atoms with Gasteiger partial charge in [0.1, 0.15) is 0 Å². The summed E-state index contributed by atoms with van der Waals surface area (Å²) in [6.45, 7) is 8.27. The van der Waals surface area contributed by atoms with Crippen LogP contribution in [0.3, 0.4) is 0 Å². The second-order valence-electron chi connectivity index (χ2n) is 8.76. The molecule has 1 atom stereocenters. The highest BCUT2D eigenvalue weighted by molar-refractivity contribution is 7.80. The van der Waals surface area contributed by atoms with Gasteiger partial charge in [0.2, 0.25) is 5.82 Å². The van der Waals surface area contributed by atoms with Crippen molar-refractivity contribution in [2.24, 2.45) is 0 Å². The van der Waals surface area contributed by atoms with Gasteiger partial charge >= 0.3 is 0 Å². The summed E-state index contributed by atoms with van der Waals surface area (Å²) in [6.07, 6.45) is 0. The van der Waals surface area contributed by atoms with Crippen molar-refractivity contribution >= 4 is 28.6 Å². The van der Waals surface area contributed by atoms with Crippen molar-refractivity contribution in [2.45, 2.75) is 33.7 Å². The lowest BCUT2D eigenvalue weighted by Crippen LogP contribution is -2.46. The molecule has 1 aromatic heterocycles. The van der Waals surface area contributed by atoms with E-state index in [4.69, 9.17) is 21.7 Å². The zero-order chi connectivity index (χ0) is 23.8. The monoisotopic (exact) mass is 466 g/mol. The molecule has 2 heterocycles. The molecule has 0 saturated carbocycles. The molecule has 0 bridgehead atoms. The number of allylic oxidation sites excluding steroid dienone is 1. The summed E-state index contributed by atoms with van der Waals surface area (Å²) in [5.41, 5.74) is 8.41. The lowest BCUT2D eigenvalue weighted by atomic mass is 9.94. The molecular weight excluding hydrogens is 440 g/mol. The van der Waals surface area contributed by atoms with Crippen molar-refractivity contribution < 1.29 is 4.52 Å². The summed E-state index contributed by atoms with van der Waals surface area (Å²) >= 11 is 5.84. The Bertz CT molecular complexity index is 1390. The zero-order valence-electron chi connectivity index (χ0n) is 19.7. The fourth-order valence-corrected chi connectivity index (χ4v) is 4.62. The van der Waals surface area contributed by atoms with Crippen molar-refractivity contribution in [3.05, 3.63) is 107 Å². The van der Waals surface area contributed by atoms with Crippen LogP contribution in [0.1, 0.15) is 41.1 Å². The standard InChI is InChI=1S/C28H26N4OS/c1-17-8-12-21(13-9-17)25-24(27-30-26(31-33-27)22-14-10-18(2)11-15-22)20(4)32(28(34)29-25)23-7-5-6-19(3)16-23/h5-16,25H,1-4H3,(H,29,34). The Labute approximate surface area is 205 Å². The highest BCUT2D eigenvalue weighted by Crippen LogP contribution is 2.39. The van der Waals surface area contributed by atoms with Crippen LogP contribution in [0.2, 0.25) is 0 Å². The molecule has 0 saturated heterocycles. The smallest absolute Gasteiger partial charge is 0.258 e. The van der Waals surface area contributed by atoms with Gasteiger partial charge in [0.25, 0.3) is 5.89 Å². The molecule has 0 radical (unpaired) electrons. The van der Waals surface area contributed by atoms with Crippen LogP contribution in [0.5, 0.6) is 0 Å². The molecule has 34 heavy (non-hydrogen) atoms. The van der Waals surface area contributed by atoms with E-state index < -0.39 is 0 Å². The minimum atomic E-state index is -0.208. The minimum Gasteiger partial charge on any atom is -0.351 e. The maximum atomic E-state index is 5.85. The fraction of sp³-hybridized carbons (Fsp3) is 0.179. The number of nitrogens with one attached hydrogen (secondary N) is 1. The Balaban J connectivity index is 1.65. The third kappa shape index (κ3) is 4.13. The molecule has 1 aliphatic rings. The van der Waals surface area contributed by atoms with E-state index in [1.807, 2.05) is 35.2 Å². The van der Waals surface area contributed by atoms with Crippen molar-refractivity contribution in [3.8, 4) is 11.4 Å². The first kappa shape index (κ1) is 22.0. The quantitative estimate of drug-likeness (QED) is 0.345. The van der Waals surface area contributed by atoms with E-state index in [0.29, 0.717) is 16.8 Å². The number of aromatic nitrogens is 2. The molecule has 0 fully saturated rings. The number of hydrogen-bond acceptors (Lipinski definition) is 4. The summed E-state index contributed by atoms with van der Waals surface area (Å²) in [6, 6.07) is 24.6. The molecular formula is C28H26N4OS. The molecule has 0 aliphatic carbocycles. The first-order chi connectivity index (χ1) is 16.4. The SMILES string of the molecule is CC1=C(c2nc(-c3ccc(C)cc3)no2)C(c2ccc(C)cc2)NC(=S)N1c1cccc(C)c1. The largest absolute Gasteiger partial charge is 0.351 e. The first-order valence-electron chi connectivity index (χ1n) is 11.3. The molecule has 6 heteroatoms. The van der Waals surface area contributed by atoms with Gasteiger partial charge in [-0.2, -0.15) is 4.98 Å². The molecule has 1 unspecified atom stereocenters. The summed E-state index contributed by atoms with van der Waals surface area (Å²) in [4.78, 5) is 6.84. The molecule has 5 rings (SSSR count). The van der Waals surface area contributed by atoms with Crippen LogP contribution in [0.25, 0.3) is 17.0 Å². The summed E-state index contributed by atoms with van der Waals surface area (Å²) in [7, 11) is 0. The zero-order valence-corrected chi connectivity index (χ0v) is 20.5. The molecule has 5 nitrogen and oxygen atoms in total. The maximum absolute atomic E-state index is 5.85. The van der Waals surface area contributed by atoms with Gasteiger partial charge in [-0.05, 0) is 63.2 Å². The Hall–Kier alpha value is -3.77. The molecule has 1 aliphatic heterocycles. The molecule has 0 amide bonds. The van der Waals surface area contributed by atoms with Crippen molar-refractivity contribution in [1.29, 1.82) is 0 Å². The molecule has 3 aromatic carbocycles. The van der Waals surface area contributed by atoms with Gasteiger partial charge in [0.05, 0.1) is 11.6 Å². The van der Waals surface area contributed by atoms with Crippen LogP contribution < -0.4 is 10.2 Å². The third-order valence-corrected chi connectivity index (χ3v) is 6.42. The minimum absolute atomic E-state index is 0.208. The molecule has 0 spiro atoms. The fourth-order valence-electron chi connectivity index (χ4n) is 4.26. The van der Waals surface area contributed by atoms with Crippen molar-refractivity contribution in [1.82, 2.24) is 15.5 Å². The summed E-state index contributed by atoms with van der Waals surface area (Å²) < 4.78 is 5.85. The van der Waals surface area contributed by atoms with Crippen LogP contribution >= 0.6 is 12.2 Å². The molecule has 1 N–H and O–H groups in total. The van der Waals surface area contributed by atoms with E-state index in [2.05, 4.69) is 80.6 Å². The van der Waals surface area contributed by atoms with Crippen LogP contribution in [-0.4, -0.2) is 15.3 Å². The highest BCUT2D eigenvalue weighted by Gasteiger charge is 2.34. The van der Waals surface area contributed by atoms with E-state index in [-0.39, 0.29) is 6.04 Å². The van der Waals surface area contributed by atoms with Crippen LogP contribution in [0.4, 0.5) is 5.69 Å². The van der Waals surface area contributed by atoms with Gasteiger partial charge in [-0.3, -0.25) is 4.90 Å². The predicted octanol–water partition coefficient (Wildman–Crippen LogP) is 6.53. The Morgan fingerprint density at radius 2 is 1.53 bits per heavy atom. The lowest BCUT2D eigenvalue weighted by Gasteiger charge is -2.37. The van der Waals surface area contributed by atoms with Crippen LogP contribution in [0.15, 0.2) is 83.0 Å². The van der Waals surface area contributed by atoms with Crippen LogP contribution in [0, 0.1) is 20.8 Å². The Kier molecular flexibility index (Phi) is 5.75. The van der Waals surface area contributed by atoms with Crippen LogP contribution in [-0.2, 0) is 0 Å².